The monoisotopic (exact) mass is 451 g/mol. The van der Waals surface area contributed by atoms with Crippen molar-refractivity contribution >= 4 is 34.6 Å². The first-order chi connectivity index (χ1) is 16.6. The van der Waals surface area contributed by atoms with Crippen LogP contribution < -0.4 is 4.90 Å². The largest absolute Gasteiger partial charge is 0.373 e. The molecule has 0 unspecified atom stereocenters. The zero-order chi connectivity index (χ0) is 23.7. The third-order valence-electron chi connectivity index (χ3n) is 6.75. The zero-order valence-electron chi connectivity index (χ0n) is 19.9. The van der Waals surface area contributed by atoms with E-state index in [1.165, 1.54) is 28.4 Å². The van der Waals surface area contributed by atoms with Crippen LogP contribution in [0.2, 0.25) is 0 Å². The molecule has 0 spiro atoms. The Morgan fingerprint density at radius 3 is 2.59 bits per heavy atom. The van der Waals surface area contributed by atoms with E-state index in [2.05, 4.69) is 66.4 Å². The summed E-state index contributed by atoms with van der Waals surface area (Å²) >= 11 is 0. The van der Waals surface area contributed by atoms with Gasteiger partial charge in [0, 0.05) is 31.0 Å². The second kappa shape index (κ2) is 9.30. The van der Waals surface area contributed by atoms with Crippen molar-refractivity contribution in [3.8, 4) is 0 Å². The van der Waals surface area contributed by atoms with Gasteiger partial charge in [0.1, 0.15) is 5.82 Å². The second-order valence-electron chi connectivity index (χ2n) is 9.06. The lowest BCUT2D eigenvalue weighted by Gasteiger charge is -2.29. The number of aryl methyl sites for hydroxylation is 2. The standard InChI is InChI=1S/C30H30FN3/c1-4-21-8-10-23(11-9-21)20-34-27(18-25-17-26(31)12-13-29(25)34)19-32-28-16-22(5-2)15-24-7-6-14-33(3)30(24)28/h5,8-13,15-19H,2,4,6-7,14,20H2,1,3H3. The average Bonchev–Trinajstić information content (AvgIpc) is 3.18. The highest BCUT2D eigenvalue weighted by Crippen LogP contribution is 2.37. The second-order valence-corrected chi connectivity index (χ2v) is 9.06. The molecule has 172 valence electrons. The van der Waals surface area contributed by atoms with Crippen LogP contribution in [0.4, 0.5) is 15.8 Å². The van der Waals surface area contributed by atoms with Crippen LogP contribution in [0.1, 0.15) is 41.3 Å². The Morgan fingerprint density at radius 2 is 1.82 bits per heavy atom. The molecule has 0 bridgehead atoms. The summed E-state index contributed by atoms with van der Waals surface area (Å²) in [5, 5.41) is 0.880. The molecule has 0 fully saturated rings. The fraction of sp³-hybridized carbons (Fsp3) is 0.233. The SMILES string of the molecule is C=Cc1cc2c(c(N=Cc3cc4cc(F)ccc4n3Cc3ccc(CC)cc3)c1)N(C)CCC2. The van der Waals surface area contributed by atoms with Gasteiger partial charge < -0.3 is 9.47 Å². The van der Waals surface area contributed by atoms with E-state index in [0.717, 1.165) is 53.7 Å². The number of hydrogen-bond acceptors (Lipinski definition) is 2. The molecule has 3 aromatic carbocycles. The number of benzene rings is 3. The van der Waals surface area contributed by atoms with Crippen molar-refractivity contribution in [1.82, 2.24) is 4.57 Å². The number of rotatable bonds is 6. The molecule has 34 heavy (non-hydrogen) atoms. The van der Waals surface area contributed by atoms with E-state index in [0.29, 0.717) is 6.54 Å². The summed E-state index contributed by atoms with van der Waals surface area (Å²) in [6, 6.07) is 20.0. The summed E-state index contributed by atoms with van der Waals surface area (Å²) < 4.78 is 16.2. The molecule has 4 aromatic rings. The molecule has 0 saturated carbocycles. The van der Waals surface area contributed by atoms with Crippen LogP contribution >= 0.6 is 0 Å². The smallest absolute Gasteiger partial charge is 0.123 e. The van der Waals surface area contributed by atoms with Gasteiger partial charge in [0.25, 0.3) is 0 Å². The Morgan fingerprint density at radius 1 is 1.03 bits per heavy atom. The van der Waals surface area contributed by atoms with Crippen molar-refractivity contribution in [1.29, 1.82) is 0 Å². The third kappa shape index (κ3) is 4.28. The molecule has 0 aliphatic carbocycles. The number of aliphatic imine (C=N–C) groups is 1. The highest BCUT2D eigenvalue weighted by atomic mass is 19.1. The molecular formula is C30H30FN3. The molecule has 0 atom stereocenters. The summed E-state index contributed by atoms with van der Waals surface area (Å²) in [6.45, 7) is 7.85. The van der Waals surface area contributed by atoms with Gasteiger partial charge in [-0.05, 0) is 77.9 Å². The van der Waals surface area contributed by atoms with Gasteiger partial charge in [0.05, 0.1) is 23.3 Å². The van der Waals surface area contributed by atoms with Gasteiger partial charge in [-0.3, -0.25) is 4.99 Å². The van der Waals surface area contributed by atoms with E-state index in [4.69, 9.17) is 4.99 Å². The molecule has 0 radical (unpaired) electrons. The van der Waals surface area contributed by atoms with Crippen molar-refractivity contribution in [3.05, 3.63) is 101 Å². The van der Waals surface area contributed by atoms with Crippen molar-refractivity contribution < 1.29 is 4.39 Å². The molecule has 4 heteroatoms. The van der Waals surface area contributed by atoms with Crippen LogP contribution in [0, 0.1) is 5.82 Å². The van der Waals surface area contributed by atoms with Crippen LogP contribution in [0.5, 0.6) is 0 Å². The molecule has 0 N–H and O–H groups in total. The van der Waals surface area contributed by atoms with E-state index < -0.39 is 0 Å². The summed E-state index contributed by atoms with van der Waals surface area (Å²) in [5.41, 5.74) is 9.02. The zero-order valence-corrected chi connectivity index (χ0v) is 19.9. The number of nitrogens with zero attached hydrogens (tertiary/aromatic N) is 3. The van der Waals surface area contributed by atoms with Crippen LogP contribution in [-0.4, -0.2) is 24.4 Å². The third-order valence-corrected chi connectivity index (χ3v) is 6.75. The van der Waals surface area contributed by atoms with Gasteiger partial charge in [-0.25, -0.2) is 4.39 Å². The Labute approximate surface area is 200 Å². The van der Waals surface area contributed by atoms with E-state index in [1.807, 2.05) is 24.4 Å². The Kier molecular flexibility index (Phi) is 6.06. The van der Waals surface area contributed by atoms with Crippen molar-refractivity contribution in [2.24, 2.45) is 4.99 Å². The molecule has 1 aliphatic heterocycles. The van der Waals surface area contributed by atoms with E-state index in [-0.39, 0.29) is 5.82 Å². The van der Waals surface area contributed by atoms with E-state index in [1.54, 1.807) is 6.07 Å². The van der Waals surface area contributed by atoms with Crippen molar-refractivity contribution in [2.45, 2.75) is 32.7 Å². The first-order valence-corrected chi connectivity index (χ1v) is 12.0. The molecule has 2 heterocycles. The maximum absolute atomic E-state index is 14.0. The maximum atomic E-state index is 14.0. The van der Waals surface area contributed by atoms with Gasteiger partial charge in [0.2, 0.25) is 0 Å². The molecule has 1 aromatic heterocycles. The van der Waals surface area contributed by atoms with Gasteiger partial charge in [-0.1, -0.05) is 43.8 Å². The van der Waals surface area contributed by atoms with Crippen molar-refractivity contribution in [2.75, 3.05) is 18.5 Å². The topological polar surface area (TPSA) is 20.5 Å². The fourth-order valence-corrected chi connectivity index (χ4v) is 4.91. The fourth-order valence-electron chi connectivity index (χ4n) is 4.91. The number of hydrogen-bond donors (Lipinski definition) is 0. The Balaban J connectivity index is 1.59. The average molecular weight is 452 g/mol. The first kappa shape index (κ1) is 22.1. The quantitative estimate of drug-likeness (QED) is 0.285. The van der Waals surface area contributed by atoms with Gasteiger partial charge >= 0.3 is 0 Å². The molecule has 0 amide bonds. The van der Waals surface area contributed by atoms with Crippen LogP contribution in [0.25, 0.3) is 17.0 Å². The van der Waals surface area contributed by atoms with Crippen LogP contribution in [-0.2, 0) is 19.4 Å². The summed E-state index contributed by atoms with van der Waals surface area (Å²) in [4.78, 5) is 7.26. The van der Waals surface area contributed by atoms with Crippen molar-refractivity contribution in [3.63, 3.8) is 0 Å². The number of fused-ring (bicyclic) bond motifs is 2. The minimum Gasteiger partial charge on any atom is -0.373 e. The highest BCUT2D eigenvalue weighted by molar-refractivity contribution is 5.92. The summed E-state index contributed by atoms with van der Waals surface area (Å²) in [7, 11) is 2.13. The molecule has 1 aliphatic rings. The highest BCUT2D eigenvalue weighted by Gasteiger charge is 2.18. The normalized spacial score (nSPS) is 13.6. The van der Waals surface area contributed by atoms with E-state index >= 15 is 0 Å². The van der Waals surface area contributed by atoms with Gasteiger partial charge in [0.15, 0.2) is 0 Å². The molecule has 5 rings (SSSR count). The lowest BCUT2D eigenvalue weighted by atomic mass is 9.98. The lowest BCUT2D eigenvalue weighted by molar-refractivity contribution is 0.629. The Bertz CT molecular complexity index is 1380. The minimum absolute atomic E-state index is 0.227. The summed E-state index contributed by atoms with van der Waals surface area (Å²) in [6.07, 6.45) is 7.02. The Hall–Kier alpha value is -3.66. The molecule has 3 nitrogen and oxygen atoms in total. The van der Waals surface area contributed by atoms with E-state index in [9.17, 15) is 4.39 Å². The maximum Gasteiger partial charge on any atom is 0.123 e. The lowest BCUT2D eigenvalue weighted by Crippen LogP contribution is -2.24. The number of halogens is 1. The predicted octanol–water partition coefficient (Wildman–Crippen LogP) is 7.17. The molecule has 0 saturated heterocycles. The van der Waals surface area contributed by atoms with Crippen LogP contribution in [0.3, 0.4) is 0 Å². The summed E-state index contributed by atoms with van der Waals surface area (Å²) in [5.74, 6) is -0.227. The minimum atomic E-state index is -0.227. The first-order valence-electron chi connectivity index (χ1n) is 12.0. The number of anilines is 1. The predicted molar refractivity (Wildman–Crippen MR) is 142 cm³/mol. The number of aromatic nitrogens is 1. The van der Waals surface area contributed by atoms with Gasteiger partial charge in [-0.15, -0.1) is 0 Å². The van der Waals surface area contributed by atoms with Crippen LogP contribution in [0.15, 0.2) is 72.2 Å². The van der Waals surface area contributed by atoms with Gasteiger partial charge in [-0.2, -0.15) is 0 Å². The molecular weight excluding hydrogens is 421 g/mol.